The molecule has 2 atom stereocenters. The normalized spacial score (nSPS) is 28.1. The molecule has 3 rings (SSSR count). The van der Waals surface area contributed by atoms with E-state index >= 15 is 0 Å². The highest BCUT2D eigenvalue weighted by atomic mass is 35.5. The summed E-state index contributed by atoms with van der Waals surface area (Å²) in [4.78, 5) is 2.47. The Hall–Kier alpha value is -0.770. The molecule has 1 aromatic rings. The lowest BCUT2D eigenvalue weighted by molar-refractivity contribution is 0.00446. The van der Waals surface area contributed by atoms with Gasteiger partial charge >= 0.3 is 0 Å². The number of ether oxygens (including phenoxy) is 1. The van der Waals surface area contributed by atoms with Crippen LogP contribution in [0, 0.1) is 5.92 Å². The molecule has 1 heterocycles. The first kappa shape index (κ1) is 14.2. The first-order valence-corrected chi connectivity index (χ1v) is 7.98. The van der Waals surface area contributed by atoms with Crippen LogP contribution in [0.4, 0.5) is 0 Å². The SMILES string of the molecule is N[C@@H]1CCCC[C@@H]1CN1CC(Oc2ccc(Cl)cc2)C1. The molecule has 2 N–H and O–H groups in total. The molecule has 0 amide bonds. The lowest BCUT2D eigenvalue weighted by atomic mass is 9.84. The fourth-order valence-electron chi connectivity index (χ4n) is 3.25. The molecule has 110 valence electrons. The van der Waals surface area contributed by atoms with E-state index in [1.54, 1.807) is 0 Å². The number of halogens is 1. The minimum absolute atomic E-state index is 0.316. The third kappa shape index (κ3) is 3.46. The number of hydrogen-bond donors (Lipinski definition) is 1. The van der Waals surface area contributed by atoms with E-state index in [4.69, 9.17) is 22.1 Å². The molecule has 20 heavy (non-hydrogen) atoms. The molecule has 2 aliphatic rings. The minimum atomic E-state index is 0.316. The summed E-state index contributed by atoms with van der Waals surface area (Å²) in [7, 11) is 0. The molecular weight excluding hydrogens is 272 g/mol. The monoisotopic (exact) mass is 294 g/mol. The molecule has 2 fully saturated rings. The maximum absolute atomic E-state index is 6.21. The second-order valence-corrected chi connectivity index (χ2v) is 6.56. The van der Waals surface area contributed by atoms with Crippen molar-refractivity contribution in [3.8, 4) is 5.75 Å². The van der Waals surface area contributed by atoms with Gasteiger partial charge in [0, 0.05) is 30.7 Å². The van der Waals surface area contributed by atoms with Gasteiger partial charge in [-0.25, -0.2) is 0 Å². The van der Waals surface area contributed by atoms with Crippen molar-refractivity contribution in [2.45, 2.75) is 37.8 Å². The number of likely N-dealkylation sites (tertiary alicyclic amines) is 1. The zero-order chi connectivity index (χ0) is 13.9. The Morgan fingerprint density at radius 3 is 2.55 bits per heavy atom. The van der Waals surface area contributed by atoms with Crippen LogP contribution in [0.3, 0.4) is 0 Å². The molecule has 1 aromatic carbocycles. The van der Waals surface area contributed by atoms with Gasteiger partial charge in [-0.15, -0.1) is 0 Å². The van der Waals surface area contributed by atoms with Crippen molar-refractivity contribution in [3.05, 3.63) is 29.3 Å². The van der Waals surface area contributed by atoms with Crippen molar-refractivity contribution < 1.29 is 4.74 Å². The zero-order valence-electron chi connectivity index (χ0n) is 11.8. The quantitative estimate of drug-likeness (QED) is 0.928. The van der Waals surface area contributed by atoms with E-state index in [1.165, 1.54) is 25.7 Å². The molecule has 0 bridgehead atoms. The fraction of sp³-hybridized carbons (Fsp3) is 0.625. The van der Waals surface area contributed by atoms with Gasteiger partial charge in [0.2, 0.25) is 0 Å². The van der Waals surface area contributed by atoms with Crippen molar-refractivity contribution in [2.75, 3.05) is 19.6 Å². The number of benzene rings is 1. The van der Waals surface area contributed by atoms with E-state index in [0.717, 1.165) is 30.4 Å². The van der Waals surface area contributed by atoms with Gasteiger partial charge < -0.3 is 10.5 Å². The summed E-state index contributed by atoms with van der Waals surface area (Å²) in [5.41, 5.74) is 6.21. The Balaban J connectivity index is 1.41. The number of nitrogens with two attached hydrogens (primary N) is 1. The summed E-state index contributed by atoms with van der Waals surface area (Å²) in [5, 5.41) is 0.749. The van der Waals surface area contributed by atoms with Crippen LogP contribution in [0.15, 0.2) is 24.3 Å². The van der Waals surface area contributed by atoms with Gasteiger partial charge in [-0.2, -0.15) is 0 Å². The second-order valence-electron chi connectivity index (χ2n) is 6.12. The van der Waals surface area contributed by atoms with Gasteiger partial charge in [-0.3, -0.25) is 4.90 Å². The Labute approximate surface area is 126 Å². The Morgan fingerprint density at radius 1 is 1.15 bits per heavy atom. The van der Waals surface area contributed by atoms with Gasteiger partial charge in [0.05, 0.1) is 0 Å². The lowest BCUT2D eigenvalue weighted by Gasteiger charge is -2.42. The van der Waals surface area contributed by atoms with E-state index < -0.39 is 0 Å². The maximum atomic E-state index is 6.21. The molecule has 0 radical (unpaired) electrons. The number of nitrogens with zero attached hydrogens (tertiary/aromatic N) is 1. The Bertz CT molecular complexity index is 431. The van der Waals surface area contributed by atoms with Crippen LogP contribution in [0.5, 0.6) is 5.75 Å². The van der Waals surface area contributed by atoms with Crippen LogP contribution in [0.2, 0.25) is 5.02 Å². The predicted molar refractivity (Wildman–Crippen MR) is 82.2 cm³/mol. The Morgan fingerprint density at radius 2 is 1.85 bits per heavy atom. The molecule has 1 aliphatic heterocycles. The van der Waals surface area contributed by atoms with Crippen LogP contribution in [-0.2, 0) is 0 Å². The average Bonchev–Trinajstić information content (AvgIpc) is 2.41. The highest BCUT2D eigenvalue weighted by molar-refractivity contribution is 6.30. The smallest absolute Gasteiger partial charge is 0.124 e. The summed E-state index contributed by atoms with van der Waals surface area (Å²) >= 11 is 5.87. The molecule has 0 aromatic heterocycles. The van der Waals surface area contributed by atoms with Crippen molar-refractivity contribution in [2.24, 2.45) is 11.7 Å². The van der Waals surface area contributed by atoms with Crippen LogP contribution in [0.1, 0.15) is 25.7 Å². The third-order valence-corrected chi connectivity index (χ3v) is 4.75. The largest absolute Gasteiger partial charge is 0.488 e. The minimum Gasteiger partial charge on any atom is -0.488 e. The van der Waals surface area contributed by atoms with E-state index in [1.807, 2.05) is 24.3 Å². The van der Waals surface area contributed by atoms with Gasteiger partial charge in [-0.05, 0) is 43.0 Å². The van der Waals surface area contributed by atoms with E-state index in [9.17, 15) is 0 Å². The molecule has 1 aliphatic carbocycles. The first-order chi connectivity index (χ1) is 9.70. The zero-order valence-corrected chi connectivity index (χ0v) is 12.6. The summed E-state index contributed by atoms with van der Waals surface area (Å²) in [6.07, 6.45) is 5.46. The number of rotatable bonds is 4. The predicted octanol–water partition coefficient (Wildman–Crippen LogP) is 2.92. The molecule has 1 saturated carbocycles. The van der Waals surface area contributed by atoms with Crippen LogP contribution in [-0.4, -0.2) is 36.7 Å². The van der Waals surface area contributed by atoms with Crippen molar-refractivity contribution >= 4 is 11.6 Å². The van der Waals surface area contributed by atoms with Crippen molar-refractivity contribution in [3.63, 3.8) is 0 Å². The highest BCUT2D eigenvalue weighted by Crippen LogP contribution is 2.26. The summed E-state index contributed by atoms with van der Waals surface area (Å²) < 4.78 is 5.92. The van der Waals surface area contributed by atoms with Gasteiger partial charge in [-0.1, -0.05) is 24.4 Å². The standard InChI is InChI=1S/C16H23ClN2O/c17-13-5-7-14(8-6-13)20-15-10-19(11-15)9-12-3-1-2-4-16(12)18/h5-8,12,15-16H,1-4,9-11,18H2/t12-,16-/m1/s1. The van der Waals surface area contributed by atoms with Crippen molar-refractivity contribution in [1.29, 1.82) is 0 Å². The average molecular weight is 295 g/mol. The van der Waals surface area contributed by atoms with E-state index in [0.29, 0.717) is 18.1 Å². The van der Waals surface area contributed by atoms with Gasteiger partial charge in [0.1, 0.15) is 11.9 Å². The summed E-state index contributed by atoms with van der Waals surface area (Å²) in [6.45, 7) is 3.18. The van der Waals surface area contributed by atoms with Gasteiger partial charge in [0.15, 0.2) is 0 Å². The molecule has 4 heteroatoms. The first-order valence-electron chi connectivity index (χ1n) is 7.61. The number of hydrogen-bond acceptors (Lipinski definition) is 3. The fourth-order valence-corrected chi connectivity index (χ4v) is 3.37. The summed E-state index contributed by atoms with van der Waals surface area (Å²) in [5.74, 6) is 1.59. The van der Waals surface area contributed by atoms with Gasteiger partial charge in [0.25, 0.3) is 0 Å². The second kappa shape index (κ2) is 6.33. The molecule has 0 spiro atoms. The topological polar surface area (TPSA) is 38.5 Å². The maximum Gasteiger partial charge on any atom is 0.124 e. The molecular formula is C16H23ClN2O. The third-order valence-electron chi connectivity index (χ3n) is 4.50. The Kier molecular flexibility index (Phi) is 4.49. The molecule has 3 nitrogen and oxygen atoms in total. The summed E-state index contributed by atoms with van der Waals surface area (Å²) in [6, 6.07) is 8.01. The van der Waals surface area contributed by atoms with Crippen LogP contribution < -0.4 is 10.5 Å². The molecule has 1 saturated heterocycles. The van der Waals surface area contributed by atoms with Crippen molar-refractivity contribution in [1.82, 2.24) is 4.90 Å². The molecule has 0 unspecified atom stereocenters. The highest BCUT2D eigenvalue weighted by Gasteiger charge is 2.32. The van der Waals surface area contributed by atoms with Crippen LogP contribution in [0.25, 0.3) is 0 Å². The van der Waals surface area contributed by atoms with Crippen LogP contribution >= 0.6 is 11.6 Å². The van der Waals surface area contributed by atoms with E-state index in [-0.39, 0.29) is 0 Å². The van der Waals surface area contributed by atoms with E-state index in [2.05, 4.69) is 4.90 Å². The lowest BCUT2D eigenvalue weighted by Crippen LogP contribution is -2.56.